The minimum atomic E-state index is -0.749. The molecule has 1 aromatic heterocycles. The lowest BCUT2D eigenvalue weighted by Crippen LogP contribution is -2.58. The van der Waals surface area contributed by atoms with E-state index >= 15 is 0 Å². The maximum Gasteiger partial charge on any atom is 0.309 e. The van der Waals surface area contributed by atoms with Crippen molar-refractivity contribution < 1.29 is 19.2 Å². The Labute approximate surface area is 221 Å². The first-order chi connectivity index (χ1) is 17.6. The summed E-state index contributed by atoms with van der Waals surface area (Å²) in [5, 5.41) is 10.0. The molecule has 200 valence electrons. The van der Waals surface area contributed by atoms with E-state index in [1.165, 1.54) is 4.90 Å². The van der Waals surface area contributed by atoms with Crippen LogP contribution in [0.2, 0.25) is 5.02 Å². The van der Waals surface area contributed by atoms with Crippen LogP contribution >= 0.6 is 11.6 Å². The number of nitrogens with zero attached hydrogens (tertiary/aromatic N) is 2. The fourth-order valence-corrected chi connectivity index (χ4v) is 5.38. The summed E-state index contributed by atoms with van der Waals surface area (Å²) in [6.45, 7) is 1.72. The van der Waals surface area contributed by atoms with Crippen LogP contribution < -0.4 is 16.0 Å². The zero-order chi connectivity index (χ0) is 26.7. The van der Waals surface area contributed by atoms with Crippen molar-refractivity contribution in [3.63, 3.8) is 0 Å². The normalized spacial score (nSPS) is 22.9. The summed E-state index contributed by atoms with van der Waals surface area (Å²) in [7, 11) is 5.42. The molecule has 1 aliphatic heterocycles. The molecule has 0 unspecified atom stereocenters. The van der Waals surface area contributed by atoms with E-state index in [1.807, 2.05) is 7.05 Å². The summed E-state index contributed by atoms with van der Waals surface area (Å²) in [5.74, 6) is -2.10. The molecule has 4 amide bonds. The summed E-state index contributed by atoms with van der Waals surface area (Å²) < 4.78 is 0. The maximum atomic E-state index is 13.1. The van der Waals surface area contributed by atoms with Crippen LogP contribution in [-0.2, 0) is 14.4 Å². The molecule has 1 aromatic carbocycles. The molecule has 2 heterocycles. The summed E-state index contributed by atoms with van der Waals surface area (Å²) in [5.41, 5.74) is 1.15. The van der Waals surface area contributed by atoms with Gasteiger partial charge in [-0.15, -0.1) is 0 Å². The second-order valence-electron chi connectivity index (χ2n) is 10.4. The Bertz CT molecular complexity index is 1170. The van der Waals surface area contributed by atoms with Gasteiger partial charge in [-0.3, -0.25) is 19.2 Å². The lowest BCUT2D eigenvalue weighted by molar-refractivity contribution is -0.141. The van der Waals surface area contributed by atoms with E-state index in [0.29, 0.717) is 30.0 Å². The van der Waals surface area contributed by atoms with Crippen LogP contribution in [-0.4, -0.2) is 90.8 Å². The molecule has 2 aromatic rings. The Kier molecular flexibility index (Phi) is 8.39. The maximum absolute atomic E-state index is 13.1. The van der Waals surface area contributed by atoms with Crippen molar-refractivity contribution in [2.24, 2.45) is 5.92 Å². The van der Waals surface area contributed by atoms with Crippen molar-refractivity contribution in [1.29, 1.82) is 0 Å². The van der Waals surface area contributed by atoms with Crippen molar-refractivity contribution in [1.82, 2.24) is 30.7 Å². The summed E-state index contributed by atoms with van der Waals surface area (Å²) in [6, 6.07) is 5.99. The van der Waals surface area contributed by atoms with Gasteiger partial charge in [0.2, 0.25) is 5.91 Å². The SMILES string of the molecule is CN1CCC(NC(=O)C(=O)N[C@@H]2C[C@@H](C(=O)N(C)C)CC[C@@H]2NC(=O)c2cc3cc(Cl)ccc3[nH]2)CC1. The molecule has 2 fully saturated rings. The highest BCUT2D eigenvalue weighted by atomic mass is 35.5. The van der Waals surface area contributed by atoms with Gasteiger partial charge in [0.1, 0.15) is 5.69 Å². The predicted molar refractivity (Wildman–Crippen MR) is 141 cm³/mol. The lowest BCUT2D eigenvalue weighted by atomic mass is 9.81. The number of aromatic amines is 1. The number of nitrogens with one attached hydrogen (secondary N) is 4. The molecule has 3 atom stereocenters. The highest BCUT2D eigenvalue weighted by Crippen LogP contribution is 2.27. The number of carbonyl (C=O) groups is 4. The van der Waals surface area contributed by atoms with Crippen LogP contribution in [0, 0.1) is 5.92 Å². The minimum absolute atomic E-state index is 0.0349. The van der Waals surface area contributed by atoms with E-state index in [4.69, 9.17) is 11.6 Å². The van der Waals surface area contributed by atoms with E-state index < -0.39 is 23.9 Å². The van der Waals surface area contributed by atoms with Gasteiger partial charge in [0, 0.05) is 48.0 Å². The number of piperidine rings is 1. The lowest BCUT2D eigenvalue weighted by Gasteiger charge is -2.37. The fraction of sp³-hybridized carbons (Fsp3) is 0.538. The number of aromatic nitrogens is 1. The molecule has 37 heavy (non-hydrogen) atoms. The van der Waals surface area contributed by atoms with Crippen LogP contribution in [0.1, 0.15) is 42.6 Å². The highest BCUT2D eigenvalue weighted by molar-refractivity contribution is 6.35. The van der Waals surface area contributed by atoms with E-state index in [-0.39, 0.29) is 23.8 Å². The first-order valence-electron chi connectivity index (χ1n) is 12.7. The van der Waals surface area contributed by atoms with E-state index in [1.54, 1.807) is 38.4 Å². The Morgan fingerprint density at radius 2 is 1.65 bits per heavy atom. The number of fused-ring (bicyclic) bond motifs is 1. The summed E-state index contributed by atoms with van der Waals surface area (Å²) >= 11 is 6.07. The second-order valence-corrected chi connectivity index (χ2v) is 10.8. The van der Waals surface area contributed by atoms with Crippen molar-refractivity contribution in [2.45, 2.75) is 50.2 Å². The number of hydrogen-bond acceptors (Lipinski definition) is 5. The monoisotopic (exact) mass is 530 g/mol. The number of carbonyl (C=O) groups excluding carboxylic acids is 4. The third-order valence-electron chi connectivity index (χ3n) is 7.36. The van der Waals surface area contributed by atoms with E-state index in [9.17, 15) is 19.2 Å². The third-order valence-corrected chi connectivity index (χ3v) is 7.60. The Hall–Kier alpha value is -3.11. The molecule has 1 saturated heterocycles. The van der Waals surface area contributed by atoms with Crippen LogP contribution in [0.25, 0.3) is 10.9 Å². The summed E-state index contributed by atoms with van der Waals surface area (Å²) in [4.78, 5) is 58.1. The zero-order valence-electron chi connectivity index (χ0n) is 21.5. The van der Waals surface area contributed by atoms with Gasteiger partial charge >= 0.3 is 11.8 Å². The molecule has 4 N–H and O–H groups in total. The first-order valence-corrected chi connectivity index (χ1v) is 13.1. The molecule has 0 radical (unpaired) electrons. The van der Waals surface area contributed by atoms with E-state index in [2.05, 4.69) is 25.8 Å². The smallest absolute Gasteiger partial charge is 0.309 e. The highest BCUT2D eigenvalue weighted by Gasteiger charge is 2.37. The number of hydrogen-bond donors (Lipinski definition) is 4. The molecule has 11 heteroatoms. The van der Waals surface area contributed by atoms with Crippen molar-refractivity contribution >= 4 is 46.1 Å². The van der Waals surface area contributed by atoms with Gasteiger partial charge in [0.15, 0.2) is 0 Å². The molecule has 2 aliphatic rings. The number of halogens is 1. The molecule has 1 aliphatic carbocycles. The molecule has 1 saturated carbocycles. The van der Waals surface area contributed by atoms with Gasteiger partial charge in [-0.1, -0.05) is 11.6 Å². The molecule has 0 bridgehead atoms. The topological polar surface area (TPSA) is 127 Å². The predicted octanol–water partition coefficient (Wildman–Crippen LogP) is 1.50. The Morgan fingerprint density at radius 1 is 0.946 bits per heavy atom. The van der Waals surface area contributed by atoms with Crippen LogP contribution in [0.5, 0.6) is 0 Å². The largest absolute Gasteiger partial charge is 0.351 e. The third kappa shape index (κ3) is 6.61. The van der Waals surface area contributed by atoms with E-state index in [0.717, 1.165) is 36.8 Å². The molecule has 4 rings (SSSR count). The zero-order valence-corrected chi connectivity index (χ0v) is 22.2. The molecule has 0 spiro atoms. The van der Waals surface area contributed by atoms with Crippen molar-refractivity contribution in [3.8, 4) is 0 Å². The van der Waals surface area contributed by atoms with Crippen LogP contribution in [0.15, 0.2) is 24.3 Å². The minimum Gasteiger partial charge on any atom is -0.351 e. The quantitative estimate of drug-likeness (QED) is 0.436. The summed E-state index contributed by atoms with van der Waals surface area (Å²) in [6.07, 6.45) is 2.96. The number of rotatable bonds is 5. The van der Waals surface area contributed by atoms with Crippen molar-refractivity contribution in [2.75, 3.05) is 34.2 Å². The van der Waals surface area contributed by atoms with Gasteiger partial charge in [-0.05, 0) is 76.5 Å². The second kappa shape index (κ2) is 11.5. The average molecular weight is 531 g/mol. The average Bonchev–Trinajstić information content (AvgIpc) is 3.29. The van der Waals surface area contributed by atoms with Crippen molar-refractivity contribution in [3.05, 3.63) is 35.0 Å². The molecule has 10 nitrogen and oxygen atoms in total. The van der Waals surface area contributed by atoms with Gasteiger partial charge < -0.3 is 30.7 Å². The number of benzene rings is 1. The van der Waals surface area contributed by atoms with Gasteiger partial charge in [-0.25, -0.2) is 0 Å². The van der Waals surface area contributed by atoms with Crippen LogP contribution in [0.4, 0.5) is 0 Å². The van der Waals surface area contributed by atoms with Gasteiger partial charge in [0.25, 0.3) is 5.91 Å². The fourth-order valence-electron chi connectivity index (χ4n) is 5.20. The first kappa shape index (κ1) is 26.9. The molecular weight excluding hydrogens is 496 g/mol. The Morgan fingerprint density at radius 3 is 2.35 bits per heavy atom. The number of likely N-dealkylation sites (tertiary alicyclic amines) is 1. The van der Waals surface area contributed by atoms with Crippen LogP contribution in [0.3, 0.4) is 0 Å². The standard InChI is InChI=1S/C26H35ClN6O4/c1-32(2)26(37)15-4-6-20(30-23(34)22-14-16-12-17(27)5-7-19(16)29-22)21(13-15)31-25(36)24(35)28-18-8-10-33(3)11-9-18/h5,7,12,14-15,18,20-21,29H,4,6,8-11,13H2,1-3H3,(H,28,35)(H,30,34)(H,31,36)/t15-,20-,21+/m0/s1. The number of H-pyrrole nitrogens is 1. The van der Waals surface area contributed by atoms with Gasteiger partial charge in [-0.2, -0.15) is 0 Å². The van der Waals surface area contributed by atoms with Gasteiger partial charge in [0.05, 0.1) is 6.04 Å². The Balaban J connectivity index is 1.44. The molecular formula is C26H35ClN6O4. The number of amides is 4.